The first kappa shape index (κ1) is 31.8. The fraction of sp³-hybridized carbons (Fsp3) is 0.552. The maximum Gasteiger partial charge on any atom is 0.323 e. The zero-order valence-corrected chi connectivity index (χ0v) is 24.5. The summed E-state index contributed by atoms with van der Waals surface area (Å²) in [7, 11) is -6.70. The van der Waals surface area contributed by atoms with Gasteiger partial charge in [0, 0.05) is 11.4 Å². The van der Waals surface area contributed by atoms with Crippen molar-refractivity contribution in [3.05, 3.63) is 48.5 Å². The first-order chi connectivity index (χ1) is 18.2. The SMILES string of the molecule is CCCCCCCCS(=O)(=O)c1ccc(NC(=O)Nc2ccc(S(=O)(=O)CCCCCCCC)cc2)cc1. The number of urea groups is 1. The van der Waals surface area contributed by atoms with Crippen LogP contribution < -0.4 is 10.6 Å². The molecule has 0 aliphatic carbocycles. The van der Waals surface area contributed by atoms with Gasteiger partial charge in [-0.05, 0) is 61.4 Å². The Balaban J connectivity index is 1.81. The molecule has 0 aliphatic rings. The molecule has 0 spiro atoms. The average molecular weight is 565 g/mol. The lowest BCUT2D eigenvalue weighted by Gasteiger charge is -2.10. The number of benzene rings is 2. The second-order valence-electron chi connectivity index (χ2n) is 9.80. The molecule has 0 saturated carbocycles. The Morgan fingerprint density at radius 2 is 0.842 bits per heavy atom. The minimum atomic E-state index is -3.35. The van der Waals surface area contributed by atoms with Crippen molar-refractivity contribution in [3.8, 4) is 0 Å². The predicted octanol–water partition coefficient (Wildman–Crippen LogP) is 7.60. The number of sulfone groups is 2. The number of carbonyl (C=O) groups is 1. The van der Waals surface area contributed by atoms with Gasteiger partial charge in [0.15, 0.2) is 19.7 Å². The van der Waals surface area contributed by atoms with E-state index in [1.54, 1.807) is 24.3 Å². The van der Waals surface area contributed by atoms with E-state index in [2.05, 4.69) is 24.5 Å². The van der Waals surface area contributed by atoms with E-state index in [1.165, 1.54) is 37.1 Å². The summed E-state index contributed by atoms with van der Waals surface area (Å²) in [4.78, 5) is 12.9. The van der Waals surface area contributed by atoms with Crippen LogP contribution in [0.2, 0.25) is 0 Å². The molecule has 38 heavy (non-hydrogen) atoms. The van der Waals surface area contributed by atoms with Crippen LogP contribution in [0.1, 0.15) is 90.9 Å². The third kappa shape index (κ3) is 11.6. The lowest BCUT2D eigenvalue weighted by atomic mass is 10.1. The number of carbonyl (C=O) groups excluding carboxylic acids is 1. The third-order valence-corrected chi connectivity index (χ3v) is 10.1. The van der Waals surface area contributed by atoms with Crippen molar-refractivity contribution in [1.29, 1.82) is 0 Å². The largest absolute Gasteiger partial charge is 0.323 e. The van der Waals surface area contributed by atoms with Crippen molar-refractivity contribution in [2.45, 2.75) is 101 Å². The molecule has 2 aromatic carbocycles. The molecule has 2 N–H and O–H groups in total. The number of unbranched alkanes of at least 4 members (excludes halogenated alkanes) is 10. The van der Waals surface area contributed by atoms with Gasteiger partial charge >= 0.3 is 6.03 Å². The summed E-state index contributed by atoms with van der Waals surface area (Å²) in [5, 5.41) is 5.34. The predicted molar refractivity (Wildman–Crippen MR) is 156 cm³/mol. The molecule has 0 bridgehead atoms. The summed E-state index contributed by atoms with van der Waals surface area (Å²) in [6, 6.07) is 11.8. The Bertz CT molecular complexity index is 1080. The van der Waals surface area contributed by atoms with E-state index in [0.717, 1.165) is 51.4 Å². The van der Waals surface area contributed by atoms with Gasteiger partial charge in [0.25, 0.3) is 0 Å². The molecule has 0 atom stereocenters. The van der Waals surface area contributed by atoms with Crippen LogP contribution in [0, 0.1) is 0 Å². The Hall–Kier alpha value is -2.39. The van der Waals surface area contributed by atoms with Crippen LogP contribution in [-0.2, 0) is 19.7 Å². The van der Waals surface area contributed by atoms with E-state index in [4.69, 9.17) is 0 Å². The van der Waals surface area contributed by atoms with Gasteiger partial charge in [0.05, 0.1) is 21.3 Å². The highest BCUT2D eigenvalue weighted by molar-refractivity contribution is 7.91. The second kappa shape index (κ2) is 16.5. The van der Waals surface area contributed by atoms with E-state index >= 15 is 0 Å². The molecule has 9 heteroatoms. The Kier molecular flexibility index (Phi) is 13.9. The Morgan fingerprint density at radius 1 is 0.526 bits per heavy atom. The van der Waals surface area contributed by atoms with E-state index in [9.17, 15) is 21.6 Å². The van der Waals surface area contributed by atoms with Crippen molar-refractivity contribution in [2.24, 2.45) is 0 Å². The van der Waals surface area contributed by atoms with Crippen molar-refractivity contribution in [2.75, 3.05) is 22.1 Å². The third-order valence-electron chi connectivity index (χ3n) is 6.48. The van der Waals surface area contributed by atoms with Crippen LogP contribution in [0.25, 0.3) is 0 Å². The van der Waals surface area contributed by atoms with Crippen molar-refractivity contribution >= 4 is 37.1 Å². The van der Waals surface area contributed by atoms with E-state index in [1.807, 2.05) is 0 Å². The molecule has 0 heterocycles. The van der Waals surface area contributed by atoms with Gasteiger partial charge in [-0.3, -0.25) is 0 Å². The summed E-state index contributed by atoms with van der Waals surface area (Å²) in [6.45, 7) is 4.30. The normalized spacial score (nSPS) is 11.8. The molecule has 7 nitrogen and oxygen atoms in total. The molecular formula is C29H44N2O5S2. The number of amides is 2. The lowest BCUT2D eigenvalue weighted by Crippen LogP contribution is -2.19. The maximum atomic E-state index is 12.6. The van der Waals surface area contributed by atoms with Crippen molar-refractivity contribution in [1.82, 2.24) is 0 Å². The summed E-state index contributed by atoms with van der Waals surface area (Å²) in [5.74, 6) is 0.244. The second-order valence-corrected chi connectivity index (χ2v) is 14.0. The minimum Gasteiger partial charge on any atom is -0.308 e. The maximum absolute atomic E-state index is 12.6. The number of anilines is 2. The molecule has 0 fully saturated rings. The van der Waals surface area contributed by atoms with Gasteiger partial charge in [-0.1, -0.05) is 78.1 Å². The smallest absolute Gasteiger partial charge is 0.308 e. The van der Waals surface area contributed by atoms with Crippen LogP contribution in [0.3, 0.4) is 0 Å². The molecule has 2 rings (SSSR count). The monoisotopic (exact) mass is 564 g/mol. The van der Waals surface area contributed by atoms with E-state index < -0.39 is 25.7 Å². The fourth-order valence-electron chi connectivity index (χ4n) is 4.17. The van der Waals surface area contributed by atoms with E-state index in [-0.39, 0.29) is 21.3 Å². The molecule has 212 valence electrons. The zero-order valence-electron chi connectivity index (χ0n) is 22.9. The number of rotatable bonds is 18. The van der Waals surface area contributed by atoms with Crippen LogP contribution in [0.15, 0.2) is 58.3 Å². The van der Waals surface area contributed by atoms with Gasteiger partial charge in [0.1, 0.15) is 0 Å². The topological polar surface area (TPSA) is 109 Å². The molecular weight excluding hydrogens is 520 g/mol. The Morgan fingerprint density at radius 3 is 1.18 bits per heavy atom. The molecule has 2 amide bonds. The number of nitrogens with one attached hydrogen (secondary N) is 2. The zero-order chi connectivity index (χ0) is 27.9. The minimum absolute atomic E-state index is 0.122. The summed E-state index contributed by atoms with van der Waals surface area (Å²) >= 11 is 0. The average Bonchev–Trinajstić information content (AvgIpc) is 2.89. The molecule has 0 radical (unpaired) electrons. The van der Waals surface area contributed by atoms with Crippen LogP contribution >= 0.6 is 0 Å². The van der Waals surface area contributed by atoms with Crippen molar-refractivity contribution in [3.63, 3.8) is 0 Å². The summed E-state index contributed by atoms with van der Waals surface area (Å²) in [5.41, 5.74) is 0.915. The van der Waals surface area contributed by atoms with Gasteiger partial charge in [0.2, 0.25) is 0 Å². The van der Waals surface area contributed by atoms with Crippen molar-refractivity contribution < 1.29 is 21.6 Å². The highest BCUT2D eigenvalue weighted by Gasteiger charge is 2.15. The Labute approximate surface area is 229 Å². The molecule has 0 saturated heterocycles. The van der Waals surface area contributed by atoms with Crippen LogP contribution in [-0.4, -0.2) is 34.4 Å². The van der Waals surface area contributed by atoms with Crippen LogP contribution in [0.4, 0.5) is 16.2 Å². The molecule has 0 aliphatic heterocycles. The van der Waals surface area contributed by atoms with Gasteiger partial charge in [-0.15, -0.1) is 0 Å². The van der Waals surface area contributed by atoms with E-state index in [0.29, 0.717) is 24.2 Å². The molecule has 2 aromatic rings. The fourth-order valence-corrected chi connectivity index (χ4v) is 6.91. The first-order valence-corrected chi connectivity index (χ1v) is 17.2. The molecule has 0 aromatic heterocycles. The molecule has 0 unspecified atom stereocenters. The lowest BCUT2D eigenvalue weighted by molar-refractivity contribution is 0.262. The standard InChI is InChI=1S/C29H44N2O5S2/c1-3-5-7-9-11-13-23-37(33,34)27-19-15-25(16-20-27)30-29(32)31-26-17-21-28(22-18-26)38(35,36)24-14-12-10-8-6-4-2/h15-22H,3-14,23-24H2,1-2H3,(H2,30,31,32). The van der Waals surface area contributed by atoms with Gasteiger partial charge in [-0.2, -0.15) is 0 Å². The number of hydrogen-bond donors (Lipinski definition) is 2. The van der Waals surface area contributed by atoms with Crippen LogP contribution in [0.5, 0.6) is 0 Å². The highest BCUT2D eigenvalue weighted by atomic mass is 32.2. The highest BCUT2D eigenvalue weighted by Crippen LogP contribution is 2.20. The first-order valence-electron chi connectivity index (χ1n) is 13.9. The summed E-state index contributed by atoms with van der Waals surface area (Å²) < 4.78 is 50.3. The van der Waals surface area contributed by atoms with Gasteiger partial charge < -0.3 is 10.6 Å². The van der Waals surface area contributed by atoms with Gasteiger partial charge in [-0.25, -0.2) is 21.6 Å². The number of hydrogen-bond acceptors (Lipinski definition) is 5. The quantitative estimate of drug-likeness (QED) is 0.181. The summed E-state index contributed by atoms with van der Waals surface area (Å²) in [6.07, 6.45) is 12.2.